The Morgan fingerprint density at radius 2 is 0.636 bits per heavy atom. The lowest BCUT2D eigenvalue weighted by molar-refractivity contribution is -0.148. The number of hydrogen-bond donors (Lipinski definition) is 3. The van der Waals surface area contributed by atoms with Crippen LogP contribution in [0, 0.1) is 17.8 Å². The number of carbonyl (C=O) groups excluding carboxylic acids is 6. The summed E-state index contributed by atoms with van der Waals surface area (Å²) in [5.74, 6) is -14.3. The topological polar surface area (TPSA) is 201 Å². The molecule has 0 bridgehead atoms. The lowest BCUT2D eigenvalue weighted by atomic mass is 9.95. The number of unbranched alkanes of at least 4 members (excludes halogenated alkanes) is 9. The lowest BCUT2D eigenvalue weighted by Gasteiger charge is -2.22. The largest absolute Gasteiger partial charge is 0.469 e. The van der Waals surface area contributed by atoms with Crippen molar-refractivity contribution in [2.75, 3.05) is 41.0 Å². The third-order valence-corrected chi connectivity index (χ3v) is 18.8. The molecule has 552 valence electrons. The van der Waals surface area contributed by atoms with Crippen LogP contribution < -0.4 is 0 Å². The minimum atomic E-state index is -3.37. The second kappa shape index (κ2) is 45.1. The summed E-state index contributed by atoms with van der Waals surface area (Å²) in [6, 6.07) is 28.3. The number of hydrogen-bond acceptors (Lipinski definition) is 12. The van der Waals surface area contributed by atoms with Crippen molar-refractivity contribution >= 4 is 35.6 Å². The fourth-order valence-electron chi connectivity index (χ4n) is 12.4. The number of nitrogens with zero attached hydrogens (tertiary/aromatic N) is 3. The lowest BCUT2D eigenvalue weighted by Crippen LogP contribution is -2.36. The van der Waals surface area contributed by atoms with Crippen molar-refractivity contribution in [2.24, 2.45) is 17.8 Å². The van der Waals surface area contributed by atoms with Crippen LogP contribution in [0.1, 0.15) is 192 Å². The van der Waals surface area contributed by atoms with Gasteiger partial charge in [0.05, 0.1) is 57.8 Å². The highest BCUT2D eigenvalue weighted by Crippen LogP contribution is 2.37. The minimum absolute atomic E-state index is 0.00848. The van der Waals surface area contributed by atoms with Gasteiger partial charge in [0.1, 0.15) is 0 Å². The zero-order chi connectivity index (χ0) is 72.8. The fraction of sp³-hybridized carbons (Fsp3) is 0.615. The van der Waals surface area contributed by atoms with Crippen molar-refractivity contribution in [1.29, 1.82) is 0 Å². The average molecular weight is 1400 g/mol. The van der Waals surface area contributed by atoms with Gasteiger partial charge in [0.2, 0.25) is 0 Å². The molecule has 15 nitrogen and oxygen atoms in total. The average Bonchev–Trinajstić information content (AvgIpc) is 1.67. The number of likely N-dealkylation sites (tertiary alicyclic amines) is 3. The molecule has 3 aromatic rings. The molecule has 9 atom stereocenters. The van der Waals surface area contributed by atoms with E-state index in [0.29, 0.717) is 57.8 Å². The Morgan fingerprint density at radius 3 is 0.869 bits per heavy atom. The van der Waals surface area contributed by atoms with Crippen LogP contribution in [0.4, 0.5) is 26.3 Å². The highest BCUT2D eigenvalue weighted by atomic mass is 19.3. The zero-order valence-corrected chi connectivity index (χ0v) is 59.2. The van der Waals surface area contributed by atoms with E-state index in [1.165, 1.54) is 52.7 Å². The normalized spacial score (nSPS) is 19.7. The predicted molar refractivity (Wildman–Crippen MR) is 372 cm³/mol. The molecule has 0 aliphatic carbocycles. The van der Waals surface area contributed by atoms with E-state index in [1.54, 1.807) is 36.5 Å². The van der Waals surface area contributed by atoms with Crippen LogP contribution in [0.2, 0.25) is 0 Å². The first kappa shape index (κ1) is 84.6. The van der Waals surface area contributed by atoms with Crippen LogP contribution in [0.3, 0.4) is 0 Å². The van der Waals surface area contributed by atoms with E-state index in [9.17, 15) is 70.4 Å². The van der Waals surface area contributed by atoms with Crippen LogP contribution in [0.5, 0.6) is 0 Å². The number of rotatable bonds is 42. The molecule has 3 aliphatic heterocycles. The van der Waals surface area contributed by atoms with Crippen LogP contribution in [0.25, 0.3) is 0 Å². The van der Waals surface area contributed by atoms with Gasteiger partial charge in [0.25, 0.3) is 17.7 Å². The van der Waals surface area contributed by atoms with Gasteiger partial charge >= 0.3 is 35.7 Å². The molecule has 3 saturated heterocycles. The number of aliphatic hydroxyl groups is 3. The Labute approximate surface area is 583 Å². The number of benzene rings is 3. The summed E-state index contributed by atoms with van der Waals surface area (Å²) in [5.41, 5.74) is 3.76. The highest BCUT2D eigenvalue weighted by Gasteiger charge is 2.54. The number of esters is 3. The summed E-state index contributed by atoms with van der Waals surface area (Å²) in [5, 5.41) is 31.4. The van der Waals surface area contributed by atoms with Gasteiger partial charge in [-0.15, -0.1) is 0 Å². The third-order valence-electron chi connectivity index (χ3n) is 18.8. The molecule has 0 radical (unpaired) electrons. The summed E-state index contributed by atoms with van der Waals surface area (Å²) >= 11 is 0. The number of amides is 3. The fourth-order valence-corrected chi connectivity index (χ4v) is 12.4. The van der Waals surface area contributed by atoms with E-state index in [-0.39, 0.29) is 55.3 Å². The number of alkyl halides is 6. The molecular weight excluding hydrogens is 1280 g/mol. The van der Waals surface area contributed by atoms with Gasteiger partial charge in [-0.2, -0.15) is 26.3 Å². The van der Waals surface area contributed by atoms with Crippen molar-refractivity contribution in [2.45, 2.75) is 248 Å². The van der Waals surface area contributed by atoms with Gasteiger partial charge in [-0.3, -0.25) is 28.8 Å². The Kier molecular flexibility index (Phi) is 38.5. The standard InChI is InChI=1S/3C26H37F2NO4/c3*1-20(11-10-14-21-12-6-5-7-13-21)23(30)17-16-22-19-26(27,28)25(32)29(22)18-9-4-3-8-15-24(31)33-2/h3*5-7,12-13,16-17,20,22-23,30H,3-4,8-11,14-15,18-19H2,1-2H3/b3*17-16+/t20?,22-,23-;20-,22+,23-;20-,22-,23+/m010/s1. The Morgan fingerprint density at radius 1 is 0.404 bits per heavy atom. The van der Waals surface area contributed by atoms with Gasteiger partial charge < -0.3 is 44.2 Å². The summed E-state index contributed by atoms with van der Waals surface area (Å²) in [7, 11) is 4.03. The van der Waals surface area contributed by atoms with Crippen molar-refractivity contribution in [1.82, 2.24) is 14.7 Å². The molecule has 3 aliphatic rings. The molecule has 6 rings (SSSR count). The van der Waals surface area contributed by atoms with Crippen molar-refractivity contribution in [3.8, 4) is 0 Å². The van der Waals surface area contributed by atoms with Crippen molar-refractivity contribution in [3.05, 3.63) is 144 Å². The smallest absolute Gasteiger partial charge is 0.327 e. The van der Waals surface area contributed by atoms with E-state index >= 15 is 0 Å². The highest BCUT2D eigenvalue weighted by molar-refractivity contribution is 5.87. The maximum atomic E-state index is 14.1. The number of carbonyl (C=O) groups is 6. The minimum Gasteiger partial charge on any atom is -0.469 e. The molecule has 0 spiro atoms. The monoisotopic (exact) mass is 1400 g/mol. The van der Waals surface area contributed by atoms with Crippen molar-refractivity contribution < 1.29 is 84.6 Å². The molecule has 0 aromatic heterocycles. The van der Waals surface area contributed by atoms with Crippen LogP contribution in [-0.4, -0.2) is 161 Å². The second-order valence-corrected chi connectivity index (χ2v) is 26.8. The molecule has 3 fully saturated rings. The second-order valence-electron chi connectivity index (χ2n) is 26.8. The number of ether oxygens (including phenoxy) is 3. The summed E-state index contributed by atoms with van der Waals surface area (Å²) in [6.45, 7) is 6.56. The van der Waals surface area contributed by atoms with E-state index in [4.69, 9.17) is 0 Å². The molecule has 3 heterocycles. The molecule has 21 heteroatoms. The number of halogens is 6. The van der Waals surface area contributed by atoms with Crippen LogP contribution in [0.15, 0.2) is 127 Å². The number of methoxy groups -OCH3 is 3. The third kappa shape index (κ3) is 31.3. The van der Waals surface area contributed by atoms with Crippen LogP contribution in [-0.2, 0) is 62.2 Å². The summed E-state index contributed by atoms with van der Waals surface area (Å²) < 4.78 is 98.2. The van der Waals surface area contributed by atoms with Gasteiger partial charge in [-0.05, 0) is 131 Å². The first-order valence-electron chi connectivity index (χ1n) is 35.7. The Balaban J connectivity index is 0.000000315. The SMILES string of the molecule is COC(=O)CCCCCCN1C(=O)C(F)(F)C[C@@H]1/C=C/[C@@H](O)[C@@H](C)CCCc1ccccc1.COC(=O)CCCCCCN1C(=O)C(F)(F)C[C@@H]1/C=C/[C@@H](O)[C@H](C)CCCc1ccccc1.COC(=O)CCCCCCN1C(=O)C(F)(F)C[C@@H]1/C=C/[C@H](O)C(C)CCCc1ccccc1. The summed E-state index contributed by atoms with van der Waals surface area (Å²) in [6.07, 6.45) is 22.8. The first-order chi connectivity index (χ1) is 47.2. The van der Waals surface area contributed by atoms with E-state index in [0.717, 1.165) is 96.3 Å². The molecular formula is C78H111F6N3O12. The molecule has 99 heavy (non-hydrogen) atoms. The molecule has 1 unspecified atom stereocenters. The van der Waals surface area contributed by atoms with E-state index < -0.39 is 91.2 Å². The van der Waals surface area contributed by atoms with Gasteiger partial charge in [-0.25, -0.2) is 0 Å². The van der Waals surface area contributed by atoms with Crippen LogP contribution >= 0.6 is 0 Å². The number of aryl methyl sites for hydroxylation is 3. The van der Waals surface area contributed by atoms with Gasteiger partial charge in [0, 0.05) is 58.2 Å². The molecule has 3 aromatic carbocycles. The van der Waals surface area contributed by atoms with E-state index in [2.05, 4.69) is 50.6 Å². The van der Waals surface area contributed by atoms with Crippen molar-refractivity contribution in [3.63, 3.8) is 0 Å². The maximum Gasteiger partial charge on any atom is 0.327 e. The number of aliphatic hydroxyl groups excluding tert-OH is 3. The Hall–Kier alpha value is -6.84. The van der Waals surface area contributed by atoms with E-state index in [1.807, 2.05) is 75.4 Å². The molecule has 3 N–H and O–H groups in total. The van der Waals surface area contributed by atoms with Gasteiger partial charge in [0.15, 0.2) is 0 Å². The predicted octanol–water partition coefficient (Wildman–Crippen LogP) is 14.8. The van der Waals surface area contributed by atoms with Gasteiger partial charge in [-0.1, -0.05) is 187 Å². The summed E-state index contributed by atoms with van der Waals surface area (Å²) in [4.78, 5) is 73.5. The molecule has 3 amide bonds. The maximum absolute atomic E-state index is 14.1. The quantitative estimate of drug-likeness (QED) is 0.0160. The zero-order valence-electron chi connectivity index (χ0n) is 59.2. The Bertz CT molecular complexity index is 2610. The molecule has 0 saturated carbocycles. The first-order valence-corrected chi connectivity index (χ1v) is 35.7.